The second-order valence-electron chi connectivity index (χ2n) is 6.28. The molecule has 2 atom stereocenters. The summed E-state index contributed by atoms with van der Waals surface area (Å²) >= 11 is 6.03. The Morgan fingerprint density at radius 3 is 2.52 bits per heavy atom. The summed E-state index contributed by atoms with van der Waals surface area (Å²) < 4.78 is 17.1. The molecular formula is C19H18ClNO4. The van der Waals surface area contributed by atoms with E-state index in [9.17, 15) is 4.79 Å². The Labute approximate surface area is 151 Å². The van der Waals surface area contributed by atoms with Gasteiger partial charge in [-0.1, -0.05) is 35.9 Å². The number of carbonyl (C=O) groups is 1. The van der Waals surface area contributed by atoms with Crippen LogP contribution >= 0.6 is 11.6 Å². The van der Waals surface area contributed by atoms with Gasteiger partial charge in [0.25, 0.3) is 0 Å². The number of cyclic esters (lactones) is 1. The van der Waals surface area contributed by atoms with Crippen molar-refractivity contribution in [1.82, 2.24) is 4.90 Å². The Kier molecular flexibility index (Phi) is 4.17. The van der Waals surface area contributed by atoms with Gasteiger partial charge in [-0.2, -0.15) is 0 Å². The number of nitrogens with zero attached hydrogens (tertiary/aromatic N) is 1. The Hall–Kier alpha value is -2.40. The SMILES string of the molecule is CC(CC1Oc2ccccc2O1)N1CC(c2cccc(Cl)c2)OC1=O. The maximum Gasteiger partial charge on any atom is 0.410 e. The zero-order chi connectivity index (χ0) is 17.4. The summed E-state index contributed by atoms with van der Waals surface area (Å²) in [5.74, 6) is 1.47. The van der Waals surface area contributed by atoms with Crippen LogP contribution < -0.4 is 9.47 Å². The lowest BCUT2D eigenvalue weighted by molar-refractivity contribution is 0.0233. The number of halogens is 1. The van der Waals surface area contributed by atoms with Crippen LogP contribution in [-0.4, -0.2) is 29.9 Å². The molecule has 2 aliphatic heterocycles. The van der Waals surface area contributed by atoms with Gasteiger partial charge in [0, 0.05) is 17.5 Å². The number of amides is 1. The van der Waals surface area contributed by atoms with Gasteiger partial charge in [-0.15, -0.1) is 0 Å². The normalized spacial score (nSPS) is 20.6. The van der Waals surface area contributed by atoms with Gasteiger partial charge in [0.1, 0.15) is 6.10 Å². The highest BCUT2D eigenvalue weighted by Gasteiger charge is 2.37. The van der Waals surface area contributed by atoms with Crippen molar-refractivity contribution in [3.63, 3.8) is 0 Å². The van der Waals surface area contributed by atoms with Gasteiger partial charge < -0.3 is 19.1 Å². The third kappa shape index (κ3) is 3.24. The van der Waals surface area contributed by atoms with E-state index in [1.165, 1.54) is 0 Å². The number of rotatable bonds is 4. The maximum absolute atomic E-state index is 12.3. The largest absolute Gasteiger partial charge is 0.451 e. The first-order valence-corrected chi connectivity index (χ1v) is 8.63. The van der Waals surface area contributed by atoms with E-state index in [0.29, 0.717) is 18.0 Å². The zero-order valence-electron chi connectivity index (χ0n) is 13.7. The highest BCUT2D eigenvalue weighted by molar-refractivity contribution is 6.30. The van der Waals surface area contributed by atoms with Gasteiger partial charge in [-0.3, -0.25) is 0 Å². The van der Waals surface area contributed by atoms with Crippen molar-refractivity contribution in [3.8, 4) is 11.5 Å². The molecule has 0 bridgehead atoms. The van der Waals surface area contributed by atoms with E-state index in [1.807, 2.05) is 49.4 Å². The lowest BCUT2D eigenvalue weighted by Gasteiger charge is -2.23. The molecule has 2 aliphatic rings. The van der Waals surface area contributed by atoms with Gasteiger partial charge in [0.2, 0.25) is 6.29 Å². The quantitative estimate of drug-likeness (QED) is 0.811. The van der Waals surface area contributed by atoms with Crippen molar-refractivity contribution in [2.24, 2.45) is 0 Å². The average molecular weight is 360 g/mol. The predicted octanol–water partition coefficient (Wildman–Crippen LogP) is 4.41. The fourth-order valence-corrected chi connectivity index (χ4v) is 3.37. The van der Waals surface area contributed by atoms with Gasteiger partial charge in [0.15, 0.2) is 11.5 Å². The molecule has 0 spiro atoms. The molecule has 2 unspecified atom stereocenters. The molecule has 5 nitrogen and oxygen atoms in total. The molecule has 6 heteroatoms. The second-order valence-corrected chi connectivity index (χ2v) is 6.71. The van der Waals surface area contributed by atoms with Crippen molar-refractivity contribution in [3.05, 3.63) is 59.1 Å². The molecule has 130 valence electrons. The second kappa shape index (κ2) is 6.48. The average Bonchev–Trinajstić information content (AvgIpc) is 3.17. The number of benzene rings is 2. The predicted molar refractivity (Wildman–Crippen MR) is 92.9 cm³/mol. The molecular weight excluding hydrogens is 342 g/mol. The van der Waals surface area contributed by atoms with Gasteiger partial charge >= 0.3 is 6.09 Å². The number of fused-ring (bicyclic) bond motifs is 1. The molecule has 2 heterocycles. The summed E-state index contributed by atoms with van der Waals surface area (Å²) in [6.45, 7) is 2.46. The lowest BCUT2D eigenvalue weighted by Crippen LogP contribution is -2.38. The van der Waals surface area contributed by atoms with E-state index in [0.717, 1.165) is 17.1 Å². The number of ether oxygens (including phenoxy) is 3. The van der Waals surface area contributed by atoms with E-state index >= 15 is 0 Å². The number of para-hydroxylation sites is 2. The van der Waals surface area contributed by atoms with Gasteiger partial charge in [-0.05, 0) is 36.8 Å². The fraction of sp³-hybridized carbons (Fsp3) is 0.316. The molecule has 2 aromatic carbocycles. The van der Waals surface area contributed by atoms with Crippen molar-refractivity contribution < 1.29 is 19.0 Å². The van der Waals surface area contributed by atoms with E-state index in [4.69, 9.17) is 25.8 Å². The minimum atomic E-state index is -0.398. The van der Waals surface area contributed by atoms with Crippen molar-refractivity contribution in [2.45, 2.75) is 31.8 Å². The minimum absolute atomic E-state index is 0.0732. The van der Waals surface area contributed by atoms with Crippen LogP contribution in [0.25, 0.3) is 0 Å². The third-order valence-corrected chi connectivity index (χ3v) is 4.73. The maximum atomic E-state index is 12.3. The monoisotopic (exact) mass is 359 g/mol. The molecule has 1 amide bonds. The summed E-state index contributed by atoms with van der Waals surface area (Å²) in [7, 11) is 0. The first-order valence-electron chi connectivity index (χ1n) is 8.25. The Morgan fingerprint density at radius 1 is 1.12 bits per heavy atom. The van der Waals surface area contributed by atoms with E-state index in [2.05, 4.69) is 0 Å². The summed E-state index contributed by atoms with van der Waals surface area (Å²) in [4.78, 5) is 14.0. The minimum Gasteiger partial charge on any atom is -0.451 e. The van der Waals surface area contributed by atoms with Crippen LogP contribution in [0.15, 0.2) is 48.5 Å². The molecule has 0 radical (unpaired) electrons. The summed E-state index contributed by atoms with van der Waals surface area (Å²) in [5.41, 5.74) is 0.899. The van der Waals surface area contributed by atoms with Crippen LogP contribution in [0.5, 0.6) is 11.5 Å². The summed E-state index contributed by atoms with van der Waals surface area (Å²) in [6, 6.07) is 14.9. The van der Waals surface area contributed by atoms with Crippen molar-refractivity contribution in [2.75, 3.05) is 6.54 Å². The first-order chi connectivity index (χ1) is 12.1. The molecule has 25 heavy (non-hydrogen) atoms. The third-order valence-electron chi connectivity index (χ3n) is 4.49. The highest BCUT2D eigenvalue weighted by Crippen LogP contribution is 2.36. The topological polar surface area (TPSA) is 48.0 Å². The number of hydrogen-bond acceptors (Lipinski definition) is 4. The first kappa shape index (κ1) is 16.1. The van der Waals surface area contributed by atoms with Crippen LogP contribution in [0.4, 0.5) is 4.79 Å². The fourth-order valence-electron chi connectivity index (χ4n) is 3.17. The van der Waals surface area contributed by atoms with Crippen LogP contribution in [0, 0.1) is 0 Å². The van der Waals surface area contributed by atoms with Crippen LogP contribution in [0.3, 0.4) is 0 Å². The molecule has 4 rings (SSSR count). The van der Waals surface area contributed by atoms with Crippen molar-refractivity contribution >= 4 is 17.7 Å². The Balaban J connectivity index is 1.40. The Bertz CT molecular complexity index is 771. The van der Waals surface area contributed by atoms with Gasteiger partial charge in [0.05, 0.1) is 6.54 Å². The summed E-state index contributed by atoms with van der Waals surface area (Å²) in [6.07, 6.45) is -0.471. The zero-order valence-corrected chi connectivity index (χ0v) is 14.5. The van der Waals surface area contributed by atoms with E-state index < -0.39 is 6.29 Å². The van der Waals surface area contributed by atoms with Crippen molar-refractivity contribution in [1.29, 1.82) is 0 Å². The van der Waals surface area contributed by atoms with Crippen LogP contribution in [-0.2, 0) is 4.74 Å². The molecule has 0 saturated carbocycles. The molecule has 1 fully saturated rings. The molecule has 0 aromatic heterocycles. The van der Waals surface area contributed by atoms with Crippen LogP contribution in [0.2, 0.25) is 5.02 Å². The standard InChI is InChI=1S/C19H18ClNO4/c1-12(9-18-23-15-7-2-3-8-16(15)24-18)21-11-17(25-19(21)22)13-5-4-6-14(20)10-13/h2-8,10,12,17-18H,9,11H2,1H3. The molecule has 2 aromatic rings. The Morgan fingerprint density at radius 2 is 1.84 bits per heavy atom. The van der Waals surface area contributed by atoms with Gasteiger partial charge in [-0.25, -0.2) is 4.79 Å². The highest BCUT2D eigenvalue weighted by atomic mass is 35.5. The van der Waals surface area contributed by atoms with E-state index in [-0.39, 0.29) is 18.2 Å². The number of hydrogen-bond donors (Lipinski definition) is 0. The van der Waals surface area contributed by atoms with Crippen LogP contribution in [0.1, 0.15) is 25.0 Å². The smallest absolute Gasteiger partial charge is 0.410 e. The lowest BCUT2D eigenvalue weighted by atomic mass is 10.1. The summed E-state index contributed by atoms with van der Waals surface area (Å²) in [5, 5.41) is 0.630. The van der Waals surface area contributed by atoms with E-state index in [1.54, 1.807) is 11.0 Å². The number of carbonyl (C=O) groups excluding carboxylic acids is 1. The molecule has 0 N–H and O–H groups in total. The molecule has 0 aliphatic carbocycles. The molecule has 1 saturated heterocycles.